The molecule has 1 aromatic heterocycles. The molecule has 0 saturated heterocycles. The Morgan fingerprint density at radius 2 is 2.25 bits per heavy atom. The Kier molecular flexibility index (Phi) is 3.44. The van der Waals surface area contributed by atoms with Crippen LogP contribution < -0.4 is 4.90 Å². The fourth-order valence-electron chi connectivity index (χ4n) is 2.37. The standard InChI is InChI=1S/C11H17N3O2/c15-11(16)8-14(10-6-12-13-7-10)9-4-2-1-3-5-9/h6-7,9H,1-5,8H2,(H,12,13)(H,15,16). The molecule has 0 spiro atoms. The number of carboxylic acid groups (broad SMARTS) is 1. The summed E-state index contributed by atoms with van der Waals surface area (Å²) in [4.78, 5) is 12.8. The third-order valence-electron chi connectivity index (χ3n) is 3.14. The number of nitrogens with one attached hydrogen (secondary N) is 1. The maximum Gasteiger partial charge on any atom is 0.323 e. The van der Waals surface area contributed by atoms with Crippen LogP contribution in [0.1, 0.15) is 32.1 Å². The summed E-state index contributed by atoms with van der Waals surface area (Å²) in [6, 6.07) is 0.349. The van der Waals surface area contributed by atoms with Crippen LogP contribution in [0.5, 0.6) is 0 Å². The van der Waals surface area contributed by atoms with Crippen LogP contribution in [-0.4, -0.2) is 33.9 Å². The van der Waals surface area contributed by atoms with Gasteiger partial charge < -0.3 is 10.0 Å². The van der Waals surface area contributed by atoms with E-state index >= 15 is 0 Å². The van der Waals surface area contributed by atoms with E-state index < -0.39 is 5.97 Å². The zero-order valence-electron chi connectivity index (χ0n) is 9.22. The van der Waals surface area contributed by atoms with Crippen molar-refractivity contribution in [2.75, 3.05) is 11.4 Å². The van der Waals surface area contributed by atoms with Crippen LogP contribution in [0, 0.1) is 0 Å². The van der Waals surface area contributed by atoms with Crippen molar-refractivity contribution >= 4 is 11.7 Å². The Morgan fingerprint density at radius 1 is 1.50 bits per heavy atom. The largest absolute Gasteiger partial charge is 0.480 e. The average Bonchev–Trinajstić information content (AvgIpc) is 2.80. The summed E-state index contributed by atoms with van der Waals surface area (Å²) in [7, 11) is 0. The van der Waals surface area contributed by atoms with E-state index in [1.54, 1.807) is 12.4 Å². The highest BCUT2D eigenvalue weighted by Gasteiger charge is 2.23. The first-order valence-electron chi connectivity index (χ1n) is 5.74. The molecule has 0 amide bonds. The van der Waals surface area contributed by atoms with Crippen LogP contribution >= 0.6 is 0 Å². The van der Waals surface area contributed by atoms with Gasteiger partial charge in [0.25, 0.3) is 0 Å². The fourth-order valence-corrected chi connectivity index (χ4v) is 2.37. The number of hydrogen-bond acceptors (Lipinski definition) is 3. The van der Waals surface area contributed by atoms with Gasteiger partial charge in [-0.2, -0.15) is 5.10 Å². The van der Waals surface area contributed by atoms with Gasteiger partial charge in [0.1, 0.15) is 6.54 Å². The predicted molar refractivity (Wildman–Crippen MR) is 60.4 cm³/mol. The molecule has 0 radical (unpaired) electrons. The number of anilines is 1. The van der Waals surface area contributed by atoms with Gasteiger partial charge in [-0.15, -0.1) is 0 Å². The Bertz CT molecular complexity index is 331. The molecular weight excluding hydrogens is 206 g/mol. The molecule has 88 valence electrons. The lowest BCUT2D eigenvalue weighted by atomic mass is 9.94. The lowest BCUT2D eigenvalue weighted by molar-refractivity contribution is -0.135. The molecule has 1 aromatic rings. The van der Waals surface area contributed by atoms with E-state index in [4.69, 9.17) is 5.11 Å². The molecule has 0 bridgehead atoms. The number of carboxylic acids is 1. The summed E-state index contributed by atoms with van der Waals surface area (Å²) in [6.07, 6.45) is 9.27. The van der Waals surface area contributed by atoms with Gasteiger partial charge >= 0.3 is 5.97 Å². The number of aromatic nitrogens is 2. The highest BCUT2D eigenvalue weighted by atomic mass is 16.4. The third kappa shape index (κ3) is 2.53. The molecule has 2 N–H and O–H groups in total. The molecule has 0 aliphatic heterocycles. The van der Waals surface area contributed by atoms with E-state index in [0.29, 0.717) is 6.04 Å². The van der Waals surface area contributed by atoms with Gasteiger partial charge in [0.05, 0.1) is 11.9 Å². The molecule has 2 rings (SSSR count). The second kappa shape index (κ2) is 5.01. The number of H-pyrrole nitrogens is 1. The molecule has 16 heavy (non-hydrogen) atoms. The molecule has 0 unspecified atom stereocenters. The van der Waals surface area contributed by atoms with Crippen molar-refractivity contribution in [3.63, 3.8) is 0 Å². The molecule has 1 aliphatic carbocycles. The van der Waals surface area contributed by atoms with Gasteiger partial charge in [0, 0.05) is 12.2 Å². The zero-order valence-corrected chi connectivity index (χ0v) is 9.22. The summed E-state index contributed by atoms with van der Waals surface area (Å²) in [5.74, 6) is -0.785. The van der Waals surface area contributed by atoms with Gasteiger partial charge in [-0.1, -0.05) is 19.3 Å². The zero-order chi connectivity index (χ0) is 11.4. The number of aromatic amines is 1. The molecule has 5 nitrogen and oxygen atoms in total. The summed E-state index contributed by atoms with van der Waals surface area (Å²) in [5.41, 5.74) is 0.884. The third-order valence-corrected chi connectivity index (χ3v) is 3.14. The van der Waals surface area contributed by atoms with Crippen molar-refractivity contribution in [1.82, 2.24) is 10.2 Å². The van der Waals surface area contributed by atoms with Crippen LogP contribution in [0.3, 0.4) is 0 Å². The van der Waals surface area contributed by atoms with E-state index in [-0.39, 0.29) is 6.54 Å². The SMILES string of the molecule is O=C(O)CN(c1cn[nH]c1)C1CCCCC1. The molecule has 1 aliphatic rings. The average molecular weight is 223 g/mol. The normalized spacial score (nSPS) is 17.2. The van der Waals surface area contributed by atoms with Crippen molar-refractivity contribution in [2.45, 2.75) is 38.1 Å². The number of nitrogens with zero attached hydrogens (tertiary/aromatic N) is 2. The molecule has 5 heteroatoms. The highest BCUT2D eigenvalue weighted by molar-refractivity contribution is 5.73. The van der Waals surface area contributed by atoms with Crippen LogP contribution in [0.15, 0.2) is 12.4 Å². The number of carbonyl (C=O) groups is 1. The van der Waals surface area contributed by atoms with Crippen molar-refractivity contribution in [3.8, 4) is 0 Å². The molecular formula is C11H17N3O2. The number of hydrogen-bond donors (Lipinski definition) is 2. The fraction of sp³-hybridized carbons (Fsp3) is 0.636. The summed E-state index contributed by atoms with van der Waals surface area (Å²) >= 11 is 0. The Balaban J connectivity index is 2.10. The maximum atomic E-state index is 10.9. The predicted octanol–water partition coefficient (Wildman–Crippen LogP) is 1.63. The van der Waals surface area contributed by atoms with Crippen LogP contribution in [0.4, 0.5) is 5.69 Å². The Hall–Kier alpha value is -1.52. The second-order valence-electron chi connectivity index (χ2n) is 4.27. The minimum absolute atomic E-state index is 0.0597. The van der Waals surface area contributed by atoms with Gasteiger partial charge in [-0.25, -0.2) is 0 Å². The maximum absolute atomic E-state index is 10.9. The highest BCUT2D eigenvalue weighted by Crippen LogP contribution is 2.26. The number of rotatable bonds is 4. The first-order valence-corrected chi connectivity index (χ1v) is 5.74. The van der Waals surface area contributed by atoms with Gasteiger partial charge in [0.15, 0.2) is 0 Å². The van der Waals surface area contributed by atoms with Gasteiger partial charge in [0.2, 0.25) is 0 Å². The van der Waals surface area contributed by atoms with Crippen molar-refractivity contribution in [1.29, 1.82) is 0 Å². The molecule has 1 fully saturated rings. The number of aliphatic carboxylic acids is 1. The Labute approximate surface area is 94.5 Å². The van der Waals surface area contributed by atoms with E-state index in [0.717, 1.165) is 18.5 Å². The minimum atomic E-state index is -0.785. The lowest BCUT2D eigenvalue weighted by Crippen LogP contribution is -2.40. The summed E-state index contributed by atoms with van der Waals surface area (Å²) in [5, 5.41) is 15.6. The van der Waals surface area contributed by atoms with Crippen LogP contribution in [0.2, 0.25) is 0 Å². The quantitative estimate of drug-likeness (QED) is 0.814. The summed E-state index contributed by atoms with van der Waals surface area (Å²) in [6.45, 7) is 0.0597. The van der Waals surface area contributed by atoms with Gasteiger partial charge in [-0.3, -0.25) is 9.89 Å². The van der Waals surface area contributed by atoms with Gasteiger partial charge in [-0.05, 0) is 12.8 Å². The Morgan fingerprint density at radius 3 is 2.81 bits per heavy atom. The van der Waals surface area contributed by atoms with Crippen LogP contribution in [0.25, 0.3) is 0 Å². The lowest BCUT2D eigenvalue weighted by Gasteiger charge is -2.33. The van der Waals surface area contributed by atoms with Crippen molar-refractivity contribution < 1.29 is 9.90 Å². The molecule has 0 atom stereocenters. The van der Waals surface area contributed by atoms with Crippen LogP contribution in [-0.2, 0) is 4.79 Å². The van der Waals surface area contributed by atoms with E-state index in [2.05, 4.69) is 10.2 Å². The van der Waals surface area contributed by atoms with E-state index in [9.17, 15) is 4.79 Å². The second-order valence-corrected chi connectivity index (χ2v) is 4.27. The molecule has 0 aromatic carbocycles. The summed E-state index contributed by atoms with van der Waals surface area (Å²) < 4.78 is 0. The smallest absolute Gasteiger partial charge is 0.323 e. The molecule has 1 saturated carbocycles. The molecule has 1 heterocycles. The van der Waals surface area contributed by atoms with Crippen molar-refractivity contribution in [2.24, 2.45) is 0 Å². The topological polar surface area (TPSA) is 69.2 Å². The van der Waals surface area contributed by atoms with E-state index in [1.165, 1.54) is 19.3 Å². The first kappa shape index (κ1) is 11.0. The first-order chi connectivity index (χ1) is 7.77. The monoisotopic (exact) mass is 223 g/mol. The minimum Gasteiger partial charge on any atom is -0.480 e. The van der Waals surface area contributed by atoms with Crippen molar-refractivity contribution in [3.05, 3.63) is 12.4 Å². The van der Waals surface area contributed by atoms with E-state index in [1.807, 2.05) is 4.90 Å².